The molecule has 1 aliphatic heterocycles. The lowest BCUT2D eigenvalue weighted by molar-refractivity contribution is -0.159. The highest BCUT2D eigenvalue weighted by molar-refractivity contribution is 9.10. The molecule has 5 rings (SSSR count). The third-order valence-corrected chi connectivity index (χ3v) is 12.5. The third kappa shape index (κ3) is 9.61. The van der Waals surface area contributed by atoms with Crippen LogP contribution in [-0.2, 0) is 38.7 Å². The Kier molecular flexibility index (Phi) is 12.0. The number of esters is 1. The van der Waals surface area contributed by atoms with Gasteiger partial charge in [0.25, 0.3) is 0 Å². The number of hydrogen-bond donors (Lipinski definition) is 1. The van der Waals surface area contributed by atoms with E-state index in [4.69, 9.17) is 9.47 Å². The van der Waals surface area contributed by atoms with Gasteiger partial charge >= 0.3 is 5.97 Å². The molecule has 0 radical (unpaired) electrons. The first kappa shape index (κ1) is 40.3. The topological polar surface area (TPSA) is 166 Å². The molecular weight excluding hydrogens is 766 g/mol. The molecule has 5 atom stereocenters. The number of allylic oxidation sites excluding steroid dienone is 3. The molecule has 2 amide bonds. The zero-order valence-electron chi connectivity index (χ0n) is 30.9. The van der Waals surface area contributed by atoms with Crippen LogP contribution in [0.3, 0.4) is 0 Å². The van der Waals surface area contributed by atoms with E-state index in [0.717, 1.165) is 15.2 Å². The van der Waals surface area contributed by atoms with Gasteiger partial charge in [0, 0.05) is 41.2 Å². The maximum atomic E-state index is 14.6. The summed E-state index contributed by atoms with van der Waals surface area (Å²) in [5.74, 6) is -3.63. The standard InChI is InChI=1S/C39H48BrN3O9S/c1-7-23(3)32(44)14-10-25(17-34(46)52-38(4,5)6)36(47)43-22-28(51-35-30-18-27(40)11-9-24(30)15-16-41-35)19-31(43)33(45)21-39(20-26(39)8-2)37(48)42-53(49,50)29-12-13-29/h7-9,11,15-16,18,25-26,28-29,31H,2,10,12-14,17,19-22H2,1,3-6H3,(H,42,48)/b23-7+/t25-,26-,28-,31+,39-/m1/s1. The second kappa shape index (κ2) is 15.8. The van der Waals surface area contributed by atoms with Gasteiger partial charge in [-0.1, -0.05) is 34.1 Å². The highest BCUT2D eigenvalue weighted by atomic mass is 79.9. The van der Waals surface area contributed by atoms with Crippen molar-refractivity contribution in [3.8, 4) is 5.88 Å². The number of nitrogens with one attached hydrogen (secondary N) is 1. The zero-order valence-corrected chi connectivity index (χ0v) is 33.3. The number of halogens is 1. The molecule has 3 aliphatic rings. The summed E-state index contributed by atoms with van der Waals surface area (Å²) in [6, 6.07) is 6.42. The second-order valence-electron chi connectivity index (χ2n) is 15.4. The monoisotopic (exact) mass is 813 g/mol. The minimum atomic E-state index is -3.88. The van der Waals surface area contributed by atoms with Gasteiger partial charge in [-0.05, 0) is 95.4 Å². The van der Waals surface area contributed by atoms with Crippen LogP contribution in [0, 0.1) is 17.3 Å². The largest absolute Gasteiger partial charge is 0.472 e. The van der Waals surface area contributed by atoms with Crippen LogP contribution in [0.25, 0.3) is 10.8 Å². The van der Waals surface area contributed by atoms with E-state index >= 15 is 0 Å². The van der Waals surface area contributed by atoms with Crippen LogP contribution in [0.2, 0.25) is 0 Å². The predicted molar refractivity (Wildman–Crippen MR) is 202 cm³/mol. The van der Waals surface area contributed by atoms with Crippen molar-refractivity contribution in [2.75, 3.05) is 6.54 Å². The number of amides is 2. The average Bonchev–Trinajstić information content (AvgIpc) is 4.02. The van der Waals surface area contributed by atoms with Crippen LogP contribution in [-0.4, -0.2) is 77.2 Å². The Bertz CT molecular complexity index is 1950. The molecule has 0 spiro atoms. The summed E-state index contributed by atoms with van der Waals surface area (Å²) in [6.07, 6.45) is 4.74. The minimum absolute atomic E-state index is 0.00364. The highest BCUT2D eigenvalue weighted by Gasteiger charge is 2.61. The van der Waals surface area contributed by atoms with E-state index in [1.165, 1.54) is 4.90 Å². The van der Waals surface area contributed by atoms with Crippen molar-refractivity contribution in [3.63, 3.8) is 0 Å². The number of carbonyl (C=O) groups excluding carboxylic acids is 5. The van der Waals surface area contributed by atoms with Gasteiger partial charge in [-0.3, -0.25) is 28.7 Å². The van der Waals surface area contributed by atoms with Crippen molar-refractivity contribution in [2.45, 2.75) is 109 Å². The number of benzene rings is 1. The van der Waals surface area contributed by atoms with E-state index in [1.807, 2.05) is 24.3 Å². The van der Waals surface area contributed by atoms with Gasteiger partial charge in [-0.2, -0.15) is 0 Å². The molecule has 1 N–H and O–H groups in total. The van der Waals surface area contributed by atoms with Crippen LogP contribution in [0.5, 0.6) is 5.88 Å². The van der Waals surface area contributed by atoms with E-state index in [2.05, 4.69) is 32.2 Å². The summed E-state index contributed by atoms with van der Waals surface area (Å²) < 4.78 is 40.4. The number of likely N-dealkylation sites (tertiary alicyclic amines) is 1. The van der Waals surface area contributed by atoms with Gasteiger partial charge in [0.05, 0.1) is 29.7 Å². The maximum absolute atomic E-state index is 14.6. The molecule has 2 aromatic rings. The highest BCUT2D eigenvalue weighted by Crippen LogP contribution is 2.57. The summed E-state index contributed by atoms with van der Waals surface area (Å²) >= 11 is 3.49. The predicted octanol–water partition coefficient (Wildman–Crippen LogP) is 5.77. The van der Waals surface area contributed by atoms with Gasteiger partial charge in [0.2, 0.25) is 27.7 Å². The Morgan fingerprint density at radius 2 is 1.89 bits per heavy atom. The number of rotatable bonds is 16. The van der Waals surface area contributed by atoms with Crippen molar-refractivity contribution in [1.29, 1.82) is 0 Å². The first-order valence-corrected chi connectivity index (χ1v) is 20.3. The van der Waals surface area contributed by atoms with E-state index in [-0.39, 0.29) is 50.9 Å². The lowest BCUT2D eigenvalue weighted by Crippen LogP contribution is -2.46. The maximum Gasteiger partial charge on any atom is 0.307 e. The fraction of sp³-hybridized carbons (Fsp3) is 0.538. The molecule has 12 nitrogen and oxygen atoms in total. The van der Waals surface area contributed by atoms with Gasteiger partial charge in [0.1, 0.15) is 11.7 Å². The molecule has 53 heavy (non-hydrogen) atoms. The van der Waals surface area contributed by atoms with Crippen molar-refractivity contribution >= 4 is 66.1 Å². The van der Waals surface area contributed by atoms with Crippen LogP contribution in [0.4, 0.5) is 0 Å². The van der Waals surface area contributed by atoms with E-state index < -0.39 is 73.8 Å². The Balaban J connectivity index is 1.45. The van der Waals surface area contributed by atoms with Crippen molar-refractivity contribution < 1.29 is 41.9 Å². The molecule has 2 heterocycles. The van der Waals surface area contributed by atoms with E-state index in [1.54, 1.807) is 53.0 Å². The fourth-order valence-electron chi connectivity index (χ4n) is 6.90. The van der Waals surface area contributed by atoms with E-state index in [0.29, 0.717) is 24.3 Å². The first-order chi connectivity index (χ1) is 24.9. The number of Topliss-reactive ketones (excluding diaryl/α,β-unsaturated/α-hetero) is 2. The number of ketones is 2. The number of ether oxygens (including phenoxy) is 2. The van der Waals surface area contributed by atoms with Gasteiger partial charge in [-0.15, -0.1) is 6.58 Å². The number of sulfonamides is 1. The molecule has 1 aromatic carbocycles. The number of fused-ring (bicyclic) bond motifs is 1. The number of carbonyl (C=O) groups is 5. The first-order valence-electron chi connectivity index (χ1n) is 18.0. The number of hydrogen-bond acceptors (Lipinski definition) is 10. The molecular formula is C39H48BrN3O9S. The second-order valence-corrected chi connectivity index (χ2v) is 18.3. The smallest absolute Gasteiger partial charge is 0.307 e. The van der Waals surface area contributed by atoms with Gasteiger partial charge in [-0.25, -0.2) is 13.4 Å². The van der Waals surface area contributed by atoms with Gasteiger partial charge < -0.3 is 14.4 Å². The molecule has 1 saturated heterocycles. The summed E-state index contributed by atoms with van der Waals surface area (Å²) in [5.41, 5.74) is -1.62. The summed E-state index contributed by atoms with van der Waals surface area (Å²) in [4.78, 5) is 74.3. The number of pyridine rings is 1. The van der Waals surface area contributed by atoms with Crippen molar-refractivity contribution in [3.05, 3.63) is 59.2 Å². The lowest BCUT2D eigenvalue weighted by Gasteiger charge is -2.29. The number of aromatic nitrogens is 1. The Morgan fingerprint density at radius 3 is 2.51 bits per heavy atom. The molecule has 2 aliphatic carbocycles. The minimum Gasteiger partial charge on any atom is -0.472 e. The average molecular weight is 815 g/mol. The molecule has 3 fully saturated rings. The van der Waals surface area contributed by atoms with Crippen LogP contribution in [0.1, 0.15) is 86.0 Å². The molecule has 1 aromatic heterocycles. The quantitative estimate of drug-likeness (QED) is 0.125. The molecule has 0 bridgehead atoms. The van der Waals surface area contributed by atoms with Crippen LogP contribution < -0.4 is 9.46 Å². The summed E-state index contributed by atoms with van der Waals surface area (Å²) in [5, 5.41) is 0.956. The Morgan fingerprint density at radius 1 is 1.17 bits per heavy atom. The van der Waals surface area contributed by atoms with Crippen LogP contribution in [0.15, 0.2) is 59.2 Å². The SMILES string of the molecule is C=C[C@@H]1C[C@]1(CC(=O)[C@@H]1C[C@@H](Oc2nccc3ccc(Br)cc23)CN1C(=O)[C@H](CCC(=O)/C(C)=C/C)CC(=O)OC(C)(C)C)C(=O)NS(=O)(=O)C1CC1. The van der Waals surface area contributed by atoms with Crippen molar-refractivity contribution in [2.24, 2.45) is 17.3 Å². The number of nitrogens with zero attached hydrogens (tertiary/aromatic N) is 2. The molecule has 0 unspecified atom stereocenters. The zero-order chi connectivity index (χ0) is 38.9. The molecule has 2 saturated carbocycles. The lowest BCUT2D eigenvalue weighted by atomic mass is 9.90. The fourth-order valence-corrected chi connectivity index (χ4v) is 8.65. The van der Waals surface area contributed by atoms with Gasteiger partial charge in [0.15, 0.2) is 11.6 Å². The third-order valence-electron chi connectivity index (χ3n) is 10.2. The molecule has 286 valence electrons. The normalized spacial score (nSPS) is 23.6. The van der Waals surface area contributed by atoms with E-state index in [9.17, 15) is 32.4 Å². The summed E-state index contributed by atoms with van der Waals surface area (Å²) in [7, 11) is -3.88. The Labute approximate surface area is 319 Å². The Hall–Kier alpha value is -3.91. The van der Waals surface area contributed by atoms with Crippen molar-refractivity contribution in [1.82, 2.24) is 14.6 Å². The summed E-state index contributed by atoms with van der Waals surface area (Å²) in [6.45, 7) is 12.3. The molecule has 14 heteroatoms. The van der Waals surface area contributed by atoms with Crippen LogP contribution >= 0.6 is 15.9 Å².